The number of fused-ring (bicyclic) bond motifs is 1. The second kappa shape index (κ2) is 8.13. The number of urea groups is 1. The third-order valence-electron chi connectivity index (χ3n) is 7.75. The van der Waals surface area contributed by atoms with Crippen molar-refractivity contribution in [1.29, 1.82) is 0 Å². The van der Waals surface area contributed by atoms with Gasteiger partial charge in [0.25, 0.3) is 0 Å². The van der Waals surface area contributed by atoms with Crippen LogP contribution in [-0.2, 0) is 4.79 Å². The lowest BCUT2D eigenvalue weighted by Crippen LogP contribution is -2.60. The number of hydrogen-bond donors (Lipinski definition) is 0. The average Bonchev–Trinajstić information content (AvgIpc) is 2.91. The van der Waals surface area contributed by atoms with Crippen LogP contribution >= 0.6 is 0 Å². The second-order valence-electron chi connectivity index (χ2n) is 9.52. The topological polar surface area (TPSA) is 47.1 Å². The van der Waals surface area contributed by atoms with E-state index in [9.17, 15) is 9.59 Å². The number of hydrogen-bond acceptors (Lipinski definition) is 3. The van der Waals surface area contributed by atoms with Gasteiger partial charge in [0.05, 0.1) is 5.92 Å². The first kappa shape index (κ1) is 19.2. The Hall–Kier alpha value is -1.82. The molecule has 0 N–H and O–H groups in total. The predicted octanol–water partition coefficient (Wildman–Crippen LogP) is 2.19. The van der Waals surface area contributed by atoms with E-state index in [1.807, 2.05) is 9.80 Å². The summed E-state index contributed by atoms with van der Waals surface area (Å²) < 4.78 is 0. The molecule has 0 radical (unpaired) electrons. The van der Waals surface area contributed by atoms with Crippen LogP contribution in [0.3, 0.4) is 0 Å². The lowest BCUT2D eigenvalue weighted by Gasteiger charge is -2.45. The van der Waals surface area contributed by atoms with Crippen LogP contribution < -0.4 is 0 Å². The molecule has 1 saturated carbocycles. The molecular formula is C23H34N4O2. The van der Waals surface area contributed by atoms with E-state index in [2.05, 4.69) is 34.1 Å². The van der Waals surface area contributed by atoms with Crippen LogP contribution in [0.4, 0.5) is 4.79 Å². The predicted molar refractivity (Wildman–Crippen MR) is 112 cm³/mol. The molecule has 0 spiro atoms. The van der Waals surface area contributed by atoms with Gasteiger partial charge in [-0.15, -0.1) is 0 Å². The molecular weight excluding hydrogens is 364 g/mol. The van der Waals surface area contributed by atoms with Crippen molar-refractivity contribution in [1.82, 2.24) is 19.6 Å². The minimum Gasteiger partial charge on any atom is -0.341 e. The smallest absolute Gasteiger partial charge is 0.320 e. The standard InChI is InChI=1S/C23H34N4O2/c28-22(25-11-4-10-24(13-14-25)21-7-3-8-21)20-16-27(17-20)23(29)26-12-9-18-5-1-2-6-19(18)15-26/h1-2,5-6,18-21H,3-4,7-17H2. The summed E-state index contributed by atoms with van der Waals surface area (Å²) >= 11 is 0. The fourth-order valence-electron chi connectivity index (χ4n) is 5.55. The average molecular weight is 399 g/mol. The maximum absolute atomic E-state index is 13.0. The van der Waals surface area contributed by atoms with Crippen LogP contribution in [0, 0.1) is 17.8 Å². The molecule has 158 valence electrons. The third kappa shape index (κ3) is 3.83. The third-order valence-corrected chi connectivity index (χ3v) is 7.75. The van der Waals surface area contributed by atoms with Crippen LogP contribution in [0.1, 0.15) is 32.1 Å². The lowest BCUT2D eigenvalue weighted by molar-refractivity contribution is -0.139. The van der Waals surface area contributed by atoms with Gasteiger partial charge in [-0.05, 0) is 31.6 Å². The zero-order valence-corrected chi connectivity index (χ0v) is 17.4. The summed E-state index contributed by atoms with van der Waals surface area (Å²) in [5.41, 5.74) is 0. The fourth-order valence-corrected chi connectivity index (χ4v) is 5.55. The Morgan fingerprint density at radius 2 is 1.48 bits per heavy atom. The quantitative estimate of drug-likeness (QED) is 0.716. The Bertz CT molecular complexity index is 695. The van der Waals surface area contributed by atoms with E-state index >= 15 is 0 Å². The summed E-state index contributed by atoms with van der Waals surface area (Å²) in [5, 5.41) is 0. The van der Waals surface area contributed by atoms with E-state index in [1.165, 1.54) is 19.3 Å². The highest BCUT2D eigenvalue weighted by Gasteiger charge is 2.41. The van der Waals surface area contributed by atoms with E-state index in [0.29, 0.717) is 24.9 Å². The fraction of sp³-hybridized carbons (Fsp3) is 0.739. The van der Waals surface area contributed by atoms with Gasteiger partial charge in [0.1, 0.15) is 0 Å². The SMILES string of the molecule is O=C(C1CN(C(=O)N2CCC3C=CC=CC3C2)C1)N1CCCN(C2CCC2)CC1. The molecule has 0 aromatic heterocycles. The minimum absolute atomic E-state index is 0.00394. The van der Waals surface area contributed by atoms with Gasteiger partial charge in [-0.25, -0.2) is 4.79 Å². The molecule has 3 amide bonds. The second-order valence-corrected chi connectivity index (χ2v) is 9.52. The van der Waals surface area contributed by atoms with Gasteiger partial charge < -0.3 is 14.7 Å². The number of piperidine rings is 1. The first-order chi connectivity index (χ1) is 14.2. The van der Waals surface area contributed by atoms with Gasteiger partial charge in [0, 0.05) is 64.3 Å². The van der Waals surface area contributed by atoms with E-state index in [-0.39, 0.29) is 17.9 Å². The van der Waals surface area contributed by atoms with Crippen molar-refractivity contribution >= 4 is 11.9 Å². The first-order valence-corrected chi connectivity index (χ1v) is 11.6. The van der Waals surface area contributed by atoms with Gasteiger partial charge in [0.2, 0.25) is 5.91 Å². The van der Waals surface area contributed by atoms with Crippen molar-refractivity contribution in [2.24, 2.45) is 17.8 Å². The summed E-state index contributed by atoms with van der Waals surface area (Å²) in [6, 6.07) is 0.892. The molecule has 6 heteroatoms. The van der Waals surface area contributed by atoms with E-state index in [4.69, 9.17) is 0 Å². The molecule has 0 bridgehead atoms. The molecule has 5 rings (SSSR count). The zero-order chi connectivity index (χ0) is 19.8. The number of carbonyl (C=O) groups excluding carboxylic acids is 2. The molecule has 3 heterocycles. The van der Waals surface area contributed by atoms with Gasteiger partial charge in [0.15, 0.2) is 0 Å². The Labute approximate surface area is 174 Å². The minimum atomic E-state index is 0.00394. The highest BCUT2D eigenvalue weighted by molar-refractivity contribution is 5.84. The maximum atomic E-state index is 13.0. The van der Waals surface area contributed by atoms with Crippen molar-refractivity contribution in [3.05, 3.63) is 24.3 Å². The number of likely N-dealkylation sites (tertiary alicyclic amines) is 2. The Balaban J connectivity index is 1.09. The molecule has 0 aromatic rings. The zero-order valence-electron chi connectivity index (χ0n) is 17.4. The molecule has 4 fully saturated rings. The molecule has 2 unspecified atom stereocenters. The largest absolute Gasteiger partial charge is 0.341 e. The molecule has 0 aromatic carbocycles. The summed E-state index contributed by atoms with van der Waals surface area (Å²) in [6.07, 6.45) is 14.9. The normalized spacial score (nSPS) is 31.1. The van der Waals surface area contributed by atoms with E-state index in [1.54, 1.807) is 0 Å². The number of rotatable bonds is 2. The first-order valence-electron chi connectivity index (χ1n) is 11.6. The van der Waals surface area contributed by atoms with Crippen LogP contribution in [0.15, 0.2) is 24.3 Å². The Morgan fingerprint density at radius 3 is 2.24 bits per heavy atom. The van der Waals surface area contributed by atoms with Crippen molar-refractivity contribution in [3.63, 3.8) is 0 Å². The number of carbonyl (C=O) groups is 2. The van der Waals surface area contributed by atoms with E-state index in [0.717, 1.165) is 58.2 Å². The molecule has 2 atom stereocenters. The van der Waals surface area contributed by atoms with E-state index < -0.39 is 0 Å². The number of amides is 3. The number of allylic oxidation sites excluding steroid dienone is 3. The van der Waals surface area contributed by atoms with Gasteiger partial charge in [-0.1, -0.05) is 30.7 Å². The van der Waals surface area contributed by atoms with Crippen molar-refractivity contribution in [3.8, 4) is 0 Å². The molecule has 3 aliphatic heterocycles. The van der Waals surface area contributed by atoms with Crippen molar-refractivity contribution in [2.75, 3.05) is 52.4 Å². The highest BCUT2D eigenvalue weighted by atomic mass is 16.2. The summed E-state index contributed by atoms with van der Waals surface area (Å²) in [6.45, 7) is 6.71. The molecule has 5 aliphatic rings. The molecule has 6 nitrogen and oxygen atoms in total. The number of nitrogens with zero attached hydrogens (tertiary/aromatic N) is 4. The summed E-state index contributed by atoms with van der Waals surface area (Å²) in [5.74, 6) is 1.30. The van der Waals surface area contributed by atoms with Crippen LogP contribution in [0.5, 0.6) is 0 Å². The Kier molecular flexibility index (Phi) is 5.37. The highest BCUT2D eigenvalue weighted by Crippen LogP contribution is 2.30. The van der Waals surface area contributed by atoms with Crippen LogP contribution in [-0.4, -0.2) is 89.9 Å². The van der Waals surface area contributed by atoms with Crippen molar-refractivity contribution < 1.29 is 9.59 Å². The molecule has 2 aliphatic carbocycles. The van der Waals surface area contributed by atoms with Gasteiger partial charge >= 0.3 is 6.03 Å². The summed E-state index contributed by atoms with van der Waals surface area (Å²) in [4.78, 5) is 34.4. The van der Waals surface area contributed by atoms with Gasteiger partial charge in [-0.3, -0.25) is 9.69 Å². The molecule has 29 heavy (non-hydrogen) atoms. The van der Waals surface area contributed by atoms with Crippen LogP contribution in [0.2, 0.25) is 0 Å². The van der Waals surface area contributed by atoms with Crippen LogP contribution in [0.25, 0.3) is 0 Å². The maximum Gasteiger partial charge on any atom is 0.320 e. The van der Waals surface area contributed by atoms with Gasteiger partial charge in [-0.2, -0.15) is 0 Å². The Morgan fingerprint density at radius 1 is 0.690 bits per heavy atom. The van der Waals surface area contributed by atoms with Crippen molar-refractivity contribution in [2.45, 2.75) is 38.1 Å². The lowest BCUT2D eigenvalue weighted by atomic mass is 9.83. The molecule has 3 saturated heterocycles. The monoisotopic (exact) mass is 398 g/mol. The summed E-state index contributed by atoms with van der Waals surface area (Å²) in [7, 11) is 0.